The second-order valence-corrected chi connectivity index (χ2v) is 10.7. The predicted molar refractivity (Wildman–Crippen MR) is 133 cm³/mol. The Bertz CT molecular complexity index is 1450. The summed E-state index contributed by atoms with van der Waals surface area (Å²) in [5.41, 5.74) is 1.98. The van der Waals surface area contributed by atoms with Crippen LogP contribution in [-0.2, 0) is 4.57 Å². The SMILES string of the molecule is COc1ccc2ccccc2c1-c1c(P(C)(=O)c2ccccc2)ccc2ccccc12. The van der Waals surface area contributed by atoms with Gasteiger partial charge in [0.1, 0.15) is 12.9 Å². The number of fused-ring (bicyclic) bond motifs is 2. The fourth-order valence-electron chi connectivity index (χ4n) is 4.41. The number of ether oxygens (including phenoxy) is 1. The zero-order chi connectivity index (χ0) is 21.4. The van der Waals surface area contributed by atoms with E-state index in [9.17, 15) is 4.57 Å². The molecule has 0 aliphatic rings. The van der Waals surface area contributed by atoms with Crippen LogP contribution in [-0.4, -0.2) is 13.8 Å². The second-order valence-electron chi connectivity index (χ2n) is 7.80. The monoisotopic (exact) mass is 422 g/mol. The quantitative estimate of drug-likeness (QED) is 0.305. The Hall–Kier alpha value is -3.35. The van der Waals surface area contributed by atoms with E-state index in [-0.39, 0.29) is 0 Å². The molecule has 0 amide bonds. The van der Waals surface area contributed by atoms with E-state index in [1.54, 1.807) is 7.11 Å². The molecule has 0 fully saturated rings. The summed E-state index contributed by atoms with van der Waals surface area (Å²) in [4.78, 5) is 0. The molecular weight excluding hydrogens is 399 g/mol. The van der Waals surface area contributed by atoms with Gasteiger partial charge in [0, 0.05) is 21.7 Å². The van der Waals surface area contributed by atoms with Crippen LogP contribution in [0.5, 0.6) is 5.75 Å². The van der Waals surface area contributed by atoms with Crippen molar-refractivity contribution in [2.45, 2.75) is 0 Å². The van der Waals surface area contributed by atoms with Gasteiger partial charge in [-0.3, -0.25) is 0 Å². The fraction of sp³-hybridized carbons (Fsp3) is 0.0714. The summed E-state index contributed by atoms with van der Waals surface area (Å²) in [6.07, 6.45) is 0. The van der Waals surface area contributed by atoms with E-state index >= 15 is 0 Å². The molecule has 3 heteroatoms. The summed E-state index contributed by atoms with van der Waals surface area (Å²) >= 11 is 0. The van der Waals surface area contributed by atoms with Crippen molar-refractivity contribution in [3.63, 3.8) is 0 Å². The predicted octanol–water partition coefficient (Wildman–Crippen LogP) is 6.61. The minimum Gasteiger partial charge on any atom is -0.496 e. The summed E-state index contributed by atoms with van der Waals surface area (Å²) in [5.74, 6) is 0.782. The average molecular weight is 422 g/mol. The summed E-state index contributed by atoms with van der Waals surface area (Å²) in [6.45, 7) is 1.87. The van der Waals surface area contributed by atoms with Gasteiger partial charge in [-0.2, -0.15) is 0 Å². The zero-order valence-electron chi connectivity index (χ0n) is 17.6. The van der Waals surface area contributed by atoms with Crippen molar-refractivity contribution >= 4 is 39.3 Å². The van der Waals surface area contributed by atoms with Crippen molar-refractivity contribution in [1.82, 2.24) is 0 Å². The molecule has 152 valence electrons. The van der Waals surface area contributed by atoms with Crippen molar-refractivity contribution in [2.24, 2.45) is 0 Å². The third-order valence-corrected chi connectivity index (χ3v) is 8.55. The lowest BCUT2D eigenvalue weighted by Crippen LogP contribution is -2.17. The molecule has 5 aromatic rings. The summed E-state index contributed by atoms with van der Waals surface area (Å²) < 4.78 is 20.2. The molecule has 0 bridgehead atoms. The number of hydrogen-bond acceptors (Lipinski definition) is 2. The molecule has 5 rings (SSSR count). The first kappa shape index (κ1) is 19.6. The standard InChI is InChI=1S/C28H23O2P/c1-30-25-18-16-20-10-6-8-14-23(20)27(25)28-24-15-9-7-11-21(24)17-19-26(28)31(2,29)22-12-4-3-5-13-22/h3-19H,1-2H3. The van der Waals surface area contributed by atoms with Crippen LogP contribution in [0.3, 0.4) is 0 Å². The van der Waals surface area contributed by atoms with Gasteiger partial charge in [-0.25, -0.2) is 0 Å². The van der Waals surface area contributed by atoms with Gasteiger partial charge >= 0.3 is 0 Å². The van der Waals surface area contributed by atoms with Crippen LogP contribution in [0, 0.1) is 0 Å². The van der Waals surface area contributed by atoms with Gasteiger partial charge in [-0.15, -0.1) is 0 Å². The average Bonchev–Trinajstić information content (AvgIpc) is 2.83. The van der Waals surface area contributed by atoms with Gasteiger partial charge in [-0.1, -0.05) is 91.0 Å². The van der Waals surface area contributed by atoms with E-state index in [4.69, 9.17) is 4.74 Å². The van der Waals surface area contributed by atoms with Crippen molar-refractivity contribution in [3.8, 4) is 16.9 Å². The van der Waals surface area contributed by atoms with Crippen LogP contribution < -0.4 is 15.3 Å². The highest BCUT2D eigenvalue weighted by Crippen LogP contribution is 2.47. The van der Waals surface area contributed by atoms with E-state index in [1.807, 2.05) is 73.4 Å². The molecule has 0 aromatic heterocycles. The van der Waals surface area contributed by atoms with Gasteiger partial charge < -0.3 is 9.30 Å². The molecule has 0 spiro atoms. The molecule has 0 saturated carbocycles. The van der Waals surface area contributed by atoms with E-state index in [2.05, 4.69) is 36.4 Å². The topological polar surface area (TPSA) is 26.3 Å². The lowest BCUT2D eigenvalue weighted by atomic mass is 9.93. The molecule has 0 aliphatic heterocycles. The first-order valence-corrected chi connectivity index (χ1v) is 12.5. The Kier molecular flexibility index (Phi) is 4.88. The van der Waals surface area contributed by atoms with Crippen LogP contribution in [0.1, 0.15) is 0 Å². The van der Waals surface area contributed by atoms with Crippen molar-refractivity contribution in [1.29, 1.82) is 0 Å². The molecule has 5 aromatic carbocycles. The van der Waals surface area contributed by atoms with Gasteiger partial charge in [0.25, 0.3) is 0 Å². The maximum Gasteiger partial charge on any atom is 0.140 e. The number of hydrogen-bond donors (Lipinski definition) is 0. The third-order valence-electron chi connectivity index (χ3n) is 5.98. The Balaban J connectivity index is 1.96. The molecule has 1 unspecified atom stereocenters. The summed E-state index contributed by atoms with van der Waals surface area (Å²) in [6, 6.07) is 34.5. The maximum atomic E-state index is 14.3. The maximum absolute atomic E-state index is 14.3. The molecular formula is C28H23O2P. The van der Waals surface area contributed by atoms with Crippen LogP contribution in [0.25, 0.3) is 32.7 Å². The minimum absolute atomic E-state index is 0.782. The lowest BCUT2D eigenvalue weighted by molar-refractivity contribution is 0.417. The van der Waals surface area contributed by atoms with E-state index in [0.29, 0.717) is 0 Å². The van der Waals surface area contributed by atoms with Gasteiger partial charge in [0.05, 0.1) is 7.11 Å². The molecule has 0 radical (unpaired) electrons. The highest BCUT2D eigenvalue weighted by Gasteiger charge is 2.28. The van der Waals surface area contributed by atoms with Crippen molar-refractivity contribution in [2.75, 3.05) is 13.8 Å². The van der Waals surface area contributed by atoms with Crippen molar-refractivity contribution in [3.05, 3.63) is 103 Å². The Labute approximate surface area is 182 Å². The fourth-order valence-corrected chi connectivity index (χ4v) is 6.45. The molecule has 1 atom stereocenters. The summed E-state index contributed by atoms with van der Waals surface area (Å²) in [5, 5.41) is 6.12. The highest BCUT2D eigenvalue weighted by molar-refractivity contribution is 7.78. The Morgan fingerprint density at radius 2 is 1.16 bits per heavy atom. The largest absolute Gasteiger partial charge is 0.496 e. The minimum atomic E-state index is -2.87. The highest BCUT2D eigenvalue weighted by atomic mass is 31.2. The van der Waals surface area contributed by atoms with E-state index in [0.717, 1.165) is 49.0 Å². The first-order valence-electron chi connectivity index (χ1n) is 10.3. The van der Waals surface area contributed by atoms with Crippen LogP contribution in [0.2, 0.25) is 0 Å². The molecule has 31 heavy (non-hydrogen) atoms. The molecule has 0 saturated heterocycles. The zero-order valence-corrected chi connectivity index (χ0v) is 18.5. The number of rotatable bonds is 4. The summed E-state index contributed by atoms with van der Waals surface area (Å²) in [7, 11) is -1.17. The van der Waals surface area contributed by atoms with Crippen LogP contribution in [0.4, 0.5) is 0 Å². The molecule has 0 N–H and O–H groups in total. The van der Waals surface area contributed by atoms with Gasteiger partial charge in [-0.05, 0) is 40.3 Å². The first-order chi connectivity index (χ1) is 15.1. The second kappa shape index (κ2) is 7.72. The third kappa shape index (κ3) is 3.24. The van der Waals surface area contributed by atoms with Gasteiger partial charge in [0.2, 0.25) is 0 Å². The molecule has 0 aliphatic carbocycles. The number of methoxy groups -OCH3 is 1. The van der Waals surface area contributed by atoms with E-state index in [1.165, 1.54) is 0 Å². The van der Waals surface area contributed by atoms with Crippen LogP contribution >= 0.6 is 7.14 Å². The van der Waals surface area contributed by atoms with Crippen LogP contribution in [0.15, 0.2) is 103 Å². The number of benzene rings is 5. The van der Waals surface area contributed by atoms with E-state index < -0.39 is 7.14 Å². The molecule has 2 nitrogen and oxygen atoms in total. The normalized spacial score (nSPS) is 13.2. The smallest absolute Gasteiger partial charge is 0.140 e. The Morgan fingerprint density at radius 1 is 0.613 bits per heavy atom. The van der Waals surface area contributed by atoms with Crippen molar-refractivity contribution < 1.29 is 9.30 Å². The Morgan fingerprint density at radius 3 is 1.81 bits per heavy atom. The van der Waals surface area contributed by atoms with Gasteiger partial charge in [0.15, 0.2) is 0 Å². The molecule has 0 heterocycles. The lowest BCUT2D eigenvalue weighted by Gasteiger charge is -2.22.